The summed E-state index contributed by atoms with van der Waals surface area (Å²) in [5.41, 5.74) is 8.08. The second-order valence-electron chi connectivity index (χ2n) is 4.97. The zero-order valence-electron chi connectivity index (χ0n) is 14.0. The molecule has 0 spiro atoms. The lowest BCUT2D eigenvalue weighted by atomic mass is 10.1. The largest absolute Gasteiger partial charge is 0.497 e. The molecule has 2 aromatic carbocycles. The number of aryl methyl sites for hydroxylation is 1. The van der Waals surface area contributed by atoms with E-state index in [1.54, 1.807) is 7.11 Å². The van der Waals surface area contributed by atoms with E-state index in [0.717, 1.165) is 23.6 Å². The highest BCUT2D eigenvalue weighted by Gasteiger charge is 1.98. The molecule has 24 heavy (non-hydrogen) atoms. The van der Waals surface area contributed by atoms with Gasteiger partial charge in [0.05, 0.1) is 13.7 Å². The van der Waals surface area contributed by atoms with Gasteiger partial charge in [-0.3, -0.25) is 0 Å². The zero-order valence-corrected chi connectivity index (χ0v) is 16.3. The van der Waals surface area contributed by atoms with Crippen molar-refractivity contribution in [1.82, 2.24) is 0 Å². The highest BCUT2D eigenvalue weighted by atomic mass is 127. The van der Waals surface area contributed by atoms with Gasteiger partial charge in [-0.25, -0.2) is 4.99 Å². The lowest BCUT2D eigenvalue weighted by molar-refractivity contribution is 0.325. The molecule has 0 aliphatic rings. The maximum atomic E-state index is 5.86. The minimum atomic E-state index is 0. The molecule has 5 nitrogen and oxygen atoms in total. The Kier molecular flexibility index (Phi) is 8.99. The van der Waals surface area contributed by atoms with Gasteiger partial charge in [0.25, 0.3) is 0 Å². The van der Waals surface area contributed by atoms with Crippen LogP contribution in [0.4, 0.5) is 5.69 Å². The summed E-state index contributed by atoms with van der Waals surface area (Å²) in [5.74, 6) is 1.90. The maximum absolute atomic E-state index is 5.86. The zero-order chi connectivity index (χ0) is 16.5. The molecular formula is C18H24IN3O2. The maximum Gasteiger partial charge on any atom is 0.193 e. The Labute approximate surface area is 160 Å². The number of hydrogen-bond acceptors (Lipinski definition) is 3. The van der Waals surface area contributed by atoms with Crippen LogP contribution in [-0.4, -0.2) is 26.2 Å². The lowest BCUT2D eigenvalue weighted by Gasteiger charge is -2.08. The number of anilines is 1. The first-order chi connectivity index (χ1) is 11.2. The topological polar surface area (TPSA) is 68.9 Å². The third kappa shape index (κ3) is 6.66. The molecule has 2 aromatic rings. The lowest BCUT2D eigenvalue weighted by Crippen LogP contribution is -2.23. The van der Waals surface area contributed by atoms with E-state index in [1.165, 1.54) is 5.56 Å². The van der Waals surface area contributed by atoms with Gasteiger partial charge < -0.3 is 20.5 Å². The number of guanidine groups is 1. The summed E-state index contributed by atoms with van der Waals surface area (Å²) in [6, 6.07) is 15.6. The molecule has 0 atom stereocenters. The number of rotatable bonds is 7. The first kappa shape index (κ1) is 20.1. The van der Waals surface area contributed by atoms with Gasteiger partial charge in [-0.05, 0) is 36.2 Å². The average Bonchev–Trinajstić information content (AvgIpc) is 2.59. The molecule has 0 heterocycles. The minimum Gasteiger partial charge on any atom is -0.497 e. The Morgan fingerprint density at radius 2 is 1.83 bits per heavy atom. The number of ether oxygens (including phenoxy) is 2. The monoisotopic (exact) mass is 441 g/mol. The van der Waals surface area contributed by atoms with Crippen LogP contribution in [0, 0.1) is 0 Å². The molecule has 3 N–H and O–H groups in total. The fourth-order valence-corrected chi connectivity index (χ4v) is 2.03. The summed E-state index contributed by atoms with van der Waals surface area (Å²) in [6.45, 7) is 3.05. The van der Waals surface area contributed by atoms with Crippen LogP contribution in [0.25, 0.3) is 0 Å². The average molecular weight is 441 g/mol. The molecule has 6 heteroatoms. The molecule has 0 radical (unpaired) electrons. The molecule has 0 saturated carbocycles. The highest BCUT2D eigenvalue weighted by molar-refractivity contribution is 14.0. The van der Waals surface area contributed by atoms with Crippen LogP contribution < -0.4 is 20.5 Å². The smallest absolute Gasteiger partial charge is 0.193 e. The highest BCUT2D eigenvalue weighted by Crippen LogP contribution is 2.18. The molecule has 0 saturated heterocycles. The van der Waals surface area contributed by atoms with Crippen molar-refractivity contribution in [2.24, 2.45) is 10.7 Å². The van der Waals surface area contributed by atoms with Gasteiger partial charge in [-0.1, -0.05) is 25.1 Å². The van der Waals surface area contributed by atoms with Crippen molar-refractivity contribution in [2.75, 3.05) is 25.6 Å². The van der Waals surface area contributed by atoms with E-state index in [9.17, 15) is 0 Å². The molecule has 130 valence electrons. The Morgan fingerprint density at radius 1 is 1.12 bits per heavy atom. The van der Waals surface area contributed by atoms with Crippen molar-refractivity contribution in [3.05, 3.63) is 54.1 Å². The fraction of sp³-hybridized carbons (Fsp3) is 0.278. The molecule has 0 amide bonds. The van der Waals surface area contributed by atoms with E-state index < -0.39 is 0 Å². The van der Waals surface area contributed by atoms with E-state index >= 15 is 0 Å². The molecule has 2 rings (SSSR count). The summed E-state index contributed by atoms with van der Waals surface area (Å²) >= 11 is 0. The Balaban J connectivity index is 0.00000288. The molecule has 0 aromatic heterocycles. The van der Waals surface area contributed by atoms with Crippen LogP contribution in [0.3, 0.4) is 0 Å². The van der Waals surface area contributed by atoms with Crippen LogP contribution in [0.2, 0.25) is 0 Å². The Bertz CT molecular complexity index is 645. The molecule has 0 aliphatic heterocycles. The molecule has 0 aliphatic carbocycles. The van der Waals surface area contributed by atoms with Gasteiger partial charge in [0.1, 0.15) is 18.1 Å². The SMILES string of the molecule is CCc1ccc(NC(N)=NCCOc2cccc(OC)c2)cc1.I. The predicted octanol–water partition coefficient (Wildman–Crippen LogP) is 3.68. The van der Waals surface area contributed by atoms with Crippen LogP contribution in [0.1, 0.15) is 12.5 Å². The summed E-state index contributed by atoms with van der Waals surface area (Å²) in [6.07, 6.45) is 1.02. The van der Waals surface area contributed by atoms with E-state index in [0.29, 0.717) is 19.1 Å². The Morgan fingerprint density at radius 3 is 2.50 bits per heavy atom. The van der Waals surface area contributed by atoms with Crippen molar-refractivity contribution < 1.29 is 9.47 Å². The fourth-order valence-electron chi connectivity index (χ4n) is 2.03. The molecule has 0 fully saturated rings. The van der Waals surface area contributed by atoms with Crippen LogP contribution in [-0.2, 0) is 6.42 Å². The van der Waals surface area contributed by atoms with E-state index in [-0.39, 0.29) is 24.0 Å². The number of benzene rings is 2. The number of nitrogens with one attached hydrogen (secondary N) is 1. The van der Waals surface area contributed by atoms with Crippen molar-refractivity contribution in [1.29, 1.82) is 0 Å². The number of hydrogen-bond donors (Lipinski definition) is 2. The standard InChI is InChI=1S/C18H23N3O2.HI/c1-3-14-7-9-15(10-8-14)21-18(19)20-11-12-23-17-6-4-5-16(13-17)22-2;/h4-10,13H,3,11-12H2,1-2H3,(H3,19,20,21);1H. The minimum absolute atomic E-state index is 0. The molecule has 0 bridgehead atoms. The van der Waals surface area contributed by atoms with Crippen LogP contribution >= 0.6 is 24.0 Å². The van der Waals surface area contributed by atoms with Gasteiger partial charge in [0.15, 0.2) is 5.96 Å². The third-order valence-electron chi connectivity index (χ3n) is 3.32. The van der Waals surface area contributed by atoms with Crippen molar-refractivity contribution in [3.8, 4) is 11.5 Å². The first-order valence-electron chi connectivity index (χ1n) is 7.64. The van der Waals surface area contributed by atoms with Gasteiger partial charge in [-0.2, -0.15) is 0 Å². The Hall–Kier alpha value is -1.96. The summed E-state index contributed by atoms with van der Waals surface area (Å²) in [4.78, 5) is 4.25. The van der Waals surface area contributed by atoms with Crippen molar-refractivity contribution in [2.45, 2.75) is 13.3 Å². The van der Waals surface area contributed by atoms with E-state index in [4.69, 9.17) is 15.2 Å². The van der Waals surface area contributed by atoms with Gasteiger partial charge >= 0.3 is 0 Å². The second-order valence-corrected chi connectivity index (χ2v) is 4.97. The number of aliphatic imine (C=N–C) groups is 1. The number of methoxy groups -OCH3 is 1. The normalized spacial score (nSPS) is 10.7. The van der Waals surface area contributed by atoms with E-state index in [1.807, 2.05) is 36.4 Å². The third-order valence-corrected chi connectivity index (χ3v) is 3.32. The second kappa shape index (κ2) is 10.7. The summed E-state index contributed by atoms with van der Waals surface area (Å²) < 4.78 is 10.8. The number of nitrogens with two attached hydrogens (primary N) is 1. The molecular weight excluding hydrogens is 417 g/mol. The molecule has 0 unspecified atom stereocenters. The van der Waals surface area contributed by atoms with Crippen LogP contribution in [0.15, 0.2) is 53.5 Å². The first-order valence-corrected chi connectivity index (χ1v) is 7.64. The van der Waals surface area contributed by atoms with Crippen LogP contribution in [0.5, 0.6) is 11.5 Å². The van der Waals surface area contributed by atoms with Crippen molar-refractivity contribution in [3.63, 3.8) is 0 Å². The predicted molar refractivity (Wildman–Crippen MR) is 110 cm³/mol. The van der Waals surface area contributed by atoms with Crippen molar-refractivity contribution >= 4 is 35.6 Å². The van der Waals surface area contributed by atoms with E-state index in [2.05, 4.69) is 29.4 Å². The number of halogens is 1. The summed E-state index contributed by atoms with van der Waals surface area (Å²) in [5, 5.41) is 3.06. The quantitative estimate of drug-likeness (QED) is 0.298. The van der Waals surface area contributed by atoms with Gasteiger partial charge in [-0.15, -0.1) is 24.0 Å². The van der Waals surface area contributed by atoms with Gasteiger partial charge in [0, 0.05) is 11.8 Å². The number of nitrogens with zero attached hydrogens (tertiary/aromatic N) is 1. The summed E-state index contributed by atoms with van der Waals surface area (Å²) in [7, 11) is 1.63. The van der Waals surface area contributed by atoms with Gasteiger partial charge in [0.2, 0.25) is 0 Å².